The van der Waals surface area contributed by atoms with Crippen LogP contribution in [0.5, 0.6) is 0 Å². The van der Waals surface area contributed by atoms with Crippen LogP contribution in [0.4, 0.5) is 0 Å². The van der Waals surface area contributed by atoms with Crippen LogP contribution >= 0.6 is 0 Å². The Morgan fingerprint density at radius 1 is 0.339 bits per heavy atom. The summed E-state index contributed by atoms with van der Waals surface area (Å²) < 4.78 is 0. The quantitative estimate of drug-likeness (QED) is 0.174. The zero-order valence-electron chi connectivity index (χ0n) is 37.1. The summed E-state index contributed by atoms with van der Waals surface area (Å²) in [4.78, 5) is 1.81. The van der Waals surface area contributed by atoms with Crippen molar-refractivity contribution in [2.75, 3.05) is 0 Å². The first-order valence-electron chi connectivity index (χ1n) is 21.2. The molecule has 1 heterocycles. The molecule has 0 atom stereocenters. The Morgan fingerprint density at radius 2 is 0.746 bits per heavy atom. The first-order chi connectivity index (χ1) is 27.8. The van der Waals surface area contributed by atoms with Gasteiger partial charge >= 0.3 is 0 Å². The van der Waals surface area contributed by atoms with Crippen LogP contribution in [0.2, 0.25) is 0 Å². The van der Waals surface area contributed by atoms with Gasteiger partial charge in [0.25, 0.3) is 0 Å². The second-order valence-electron chi connectivity index (χ2n) is 20.5. The third kappa shape index (κ3) is 7.88. The minimum absolute atomic E-state index is 0.00964. The molecular formula is C56H59N3. The maximum Gasteiger partial charge on any atom is 0.121 e. The van der Waals surface area contributed by atoms with Crippen molar-refractivity contribution in [3.63, 3.8) is 0 Å². The Bertz CT molecular complexity index is 2810. The highest BCUT2D eigenvalue weighted by molar-refractivity contribution is 6.12. The normalized spacial score (nSPS) is 12.7. The molecule has 8 rings (SSSR count). The maximum atomic E-state index is 5.18. The molecule has 0 N–H and O–H groups in total. The van der Waals surface area contributed by atoms with Crippen molar-refractivity contribution in [3.05, 3.63) is 162 Å². The van der Waals surface area contributed by atoms with E-state index in [-0.39, 0.29) is 21.7 Å². The molecule has 0 unspecified atom stereocenters. The Hall–Kier alpha value is -5.80. The number of rotatable bonds is 5. The van der Waals surface area contributed by atoms with Crippen LogP contribution in [-0.4, -0.2) is 15.0 Å². The summed E-state index contributed by atoms with van der Waals surface area (Å²) in [5.74, 6) is 0. The number of hydrogen-bond acceptors (Lipinski definition) is 2. The Kier molecular flexibility index (Phi) is 9.82. The topological polar surface area (TPSA) is 30.7 Å². The van der Waals surface area contributed by atoms with Crippen LogP contribution in [0.3, 0.4) is 0 Å². The van der Waals surface area contributed by atoms with E-state index in [1.807, 2.05) is 0 Å². The van der Waals surface area contributed by atoms with Gasteiger partial charge < -0.3 is 0 Å². The summed E-state index contributed by atoms with van der Waals surface area (Å²) in [5, 5.41) is 12.6. The molecule has 0 saturated heterocycles. The van der Waals surface area contributed by atoms with Crippen LogP contribution in [0, 0.1) is 0 Å². The molecule has 7 aromatic carbocycles. The zero-order valence-corrected chi connectivity index (χ0v) is 37.1. The molecule has 8 aromatic rings. The molecule has 59 heavy (non-hydrogen) atoms. The standard InChI is InChI=1S/C56H59N3/c1-53(2,3)39-23-17-36(18-24-39)44-31-27-41(55(7,8)9)33-48(44)38-21-29-43(30-22-38)59-57-51-35-50(46-15-13-14-16-47(46)52(51)58-59)49-34-42(56(10,11)12)28-32-45(49)37-19-25-40(26-20-37)54(4,5)6/h13-35H,1-12H3. The first kappa shape index (κ1) is 40.0. The lowest BCUT2D eigenvalue weighted by molar-refractivity contribution is 0.590. The summed E-state index contributed by atoms with van der Waals surface area (Å²) in [5.41, 5.74) is 17.8. The van der Waals surface area contributed by atoms with Crippen molar-refractivity contribution >= 4 is 21.8 Å². The molecule has 298 valence electrons. The average molecular weight is 774 g/mol. The molecule has 0 spiro atoms. The van der Waals surface area contributed by atoms with Crippen molar-refractivity contribution in [2.45, 2.75) is 105 Å². The summed E-state index contributed by atoms with van der Waals surface area (Å²) in [7, 11) is 0. The molecule has 0 amide bonds. The van der Waals surface area contributed by atoms with Gasteiger partial charge in [-0.3, -0.25) is 0 Å². The van der Waals surface area contributed by atoms with Crippen molar-refractivity contribution in [1.82, 2.24) is 15.0 Å². The van der Waals surface area contributed by atoms with Gasteiger partial charge in [-0.2, -0.15) is 4.80 Å². The van der Waals surface area contributed by atoms with Gasteiger partial charge in [0, 0.05) is 5.39 Å². The van der Waals surface area contributed by atoms with Crippen LogP contribution in [0.15, 0.2) is 140 Å². The van der Waals surface area contributed by atoms with Gasteiger partial charge in [-0.25, -0.2) is 0 Å². The highest BCUT2D eigenvalue weighted by atomic mass is 15.5. The van der Waals surface area contributed by atoms with Gasteiger partial charge in [0.2, 0.25) is 0 Å². The third-order valence-electron chi connectivity index (χ3n) is 12.0. The summed E-state index contributed by atoms with van der Waals surface area (Å²) in [6.07, 6.45) is 0. The number of fused-ring (bicyclic) bond motifs is 3. The van der Waals surface area contributed by atoms with Crippen LogP contribution in [-0.2, 0) is 21.7 Å². The molecule has 0 aliphatic heterocycles. The van der Waals surface area contributed by atoms with Crippen molar-refractivity contribution < 1.29 is 0 Å². The number of benzene rings is 7. The van der Waals surface area contributed by atoms with Crippen molar-refractivity contribution in [3.8, 4) is 50.2 Å². The Balaban J connectivity index is 1.23. The summed E-state index contributed by atoms with van der Waals surface area (Å²) >= 11 is 0. The minimum atomic E-state index is -0.00964. The zero-order chi connectivity index (χ0) is 42.1. The Labute approximate surface area is 352 Å². The average Bonchev–Trinajstić information content (AvgIpc) is 3.64. The smallest absolute Gasteiger partial charge is 0.121 e. The van der Waals surface area contributed by atoms with E-state index < -0.39 is 0 Å². The van der Waals surface area contributed by atoms with Crippen LogP contribution in [0.25, 0.3) is 72.0 Å². The second-order valence-corrected chi connectivity index (χ2v) is 20.5. The van der Waals surface area contributed by atoms with E-state index in [9.17, 15) is 0 Å². The van der Waals surface area contributed by atoms with E-state index in [0.717, 1.165) is 22.1 Å². The van der Waals surface area contributed by atoms with E-state index in [2.05, 4.69) is 223 Å². The molecule has 0 aliphatic rings. The van der Waals surface area contributed by atoms with E-state index in [4.69, 9.17) is 10.2 Å². The fourth-order valence-corrected chi connectivity index (χ4v) is 8.14. The first-order valence-corrected chi connectivity index (χ1v) is 21.2. The Morgan fingerprint density at radius 3 is 1.24 bits per heavy atom. The lowest BCUT2D eigenvalue weighted by atomic mass is 9.81. The summed E-state index contributed by atoms with van der Waals surface area (Å²) in [6, 6.07) is 51.8. The van der Waals surface area contributed by atoms with E-state index in [1.165, 1.54) is 72.1 Å². The predicted octanol–water partition coefficient (Wildman–Crippen LogP) is 15.4. The maximum absolute atomic E-state index is 5.18. The number of hydrogen-bond donors (Lipinski definition) is 0. The van der Waals surface area contributed by atoms with E-state index in [0.29, 0.717) is 0 Å². The molecule has 1 aromatic heterocycles. The predicted molar refractivity (Wildman–Crippen MR) is 253 cm³/mol. The highest BCUT2D eigenvalue weighted by Crippen LogP contribution is 2.42. The lowest BCUT2D eigenvalue weighted by Gasteiger charge is -2.23. The van der Waals surface area contributed by atoms with E-state index in [1.54, 1.807) is 4.80 Å². The lowest BCUT2D eigenvalue weighted by Crippen LogP contribution is -2.11. The van der Waals surface area contributed by atoms with Crippen LogP contribution < -0.4 is 0 Å². The molecule has 0 fully saturated rings. The number of nitrogens with zero attached hydrogens (tertiary/aromatic N) is 3. The minimum Gasteiger partial charge on any atom is -0.150 e. The van der Waals surface area contributed by atoms with Gasteiger partial charge in [-0.05, 0) is 118 Å². The van der Waals surface area contributed by atoms with Gasteiger partial charge in [-0.1, -0.05) is 198 Å². The monoisotopic (exact) mass is 773 g/mol. The molecule has 0 radical (unpaired) electrons. The fourth-order valence-electron chi connectivity index (χ4n) is 8.14. The van der Waals surface area contributed by atoms with Crippen LogP contribution in [0.1, 0.15) is 105 Å². The van der Waals surface area contributed by atoms with Gasteiger partial charge in [-0.15, -0.1) is 10.2 Å². The molecule has 0 bridgehead atoms. The van der Waals surface area contributed by atoms with Crippen molar-refractivity contribution in [2.24, 2.45) is 0 Å². The second kappa shape index (κ2) is 14.5. The molecule has 0 aliphatic carbocycles. The molecule has 3 nitrogen and oxygen atoms in total. The largest absolute Gasteiger partial charge is 0.150 e. The highest BCUT2D eigenvalue weighted by Gasteiger charge is 2.22. The fraction of sp³-hybridized carbons (Fsp3) is 0.286. The molecule has 0 saturated carbocycles. The van der Waals surface area contributed by atoms with Gasteiger partial charge in [0.05, 0.1) is 5.69 Å². The summed E-state index contributed by atoms with van der Waals surface area (Å²) in [6.45, 7) is 27.3. The van der Waals surface area contributed by atoms with Gasteiger partial charge in [0.15, 0.2) is 0 Å². The molecular weight excluding hydrogens is 715 g/mol. The SMILES string of the molecule is CC(C)(C)c1ccc(-c2ccc(C(C)(C)C)cc2-c2ccc(-n3nc4cc(-c5cc(C(C)(C)C)ccc5-c5ccc(C(C)(C)C)cc5)c5ccccc5c4n3)cc2)cc1. The van der Waals surface area contributed by atoms with Crippen molar-refractivity contribution in [1.29, 1.82) is 0 Å². The van der Waals surface area contributed by atoms with Gasteiger partial charge in [0.1, 0.15) is 11.0 Å². The third-order valence-corrected chi connectivity index (χ3v) is 12.0. The number of aromatic nitrogens is 3. The molecule has 3 heteroatoms. The van der Waals surface area contributed by atoms with E-state index >= 15 is 0 Å².